The third kappa shape index (κ3) is 4.17. The summed E-state index contributed by atoms with van der Waals surface area (Å²) in [5.74, 6) is 2.12. The number of aromatic nitrogens is 5. The van der Waals surface area contributed by atoms with Crippen LogP contribution in [0.25, 0.3) is 28.5 Å². The third-order valence-electron chi connectivity index (χ3n) is 4.82. The first-order chi connectivity index (χ1) is 15.7. The lowest BCUT2D eigenvalue weighted by molar-refractivity contribution is 0.528. The number of benzene rings is 3. The highest BCUT2D eigenvalue weighted by atomic mass is 35.5. The Morgan fingerprint density at radius 1 is 0.875 bits per heavy atom. The molecule has 5 rings (SSSR count). The predicted octanol–water partition coefficient (Wildman–Crippen LogP) is 6.24. The Bertz CT molecular complexity index is 1370. The molecule has 0 atom stereocenters. The van der Waals surface area contributed by atoms with Gasteiger partial charge in [-0.15, -0.1) is 20.4 Å². The van der Waals surface area contributed by atoms with E-state index < -0.39 is 0 Å². The van der Waals surface area contributed by atoms with Crippen LogP contribution in [0.2, 0.25) is 5.02 Å². The summed E-state index contributed by atoms with van der Waals surface area (Å²) in [5.41, 5.74) is 3.87. The van der Waals surface area contributed by atoms with E-state index in [9.17, 15) is 0 Å². The number of thioether (sulfide) groups is 1. The van der Waals surface area contributed by atoms with E-state index in [4.69, 9.17) is 16.0 Å². The van der Waals surface area contributed by atoms with Crippen molar-refractivity contribution < 1.29 is 4.42 Å². The molecule has 0 fully saturated rings. The van der Waals surface area contributed by atoms with E-state index in [1.165, 1.54) is 11.8 Å². The molecule has 3 aromatic carbocycles. The number of rotatable bonds is 6. The van der Waals surface area contributed by atoms with Crippen molar-refractivity contribution in [1.82, 2.24) is 25.0 Å². The van der Waals surface area contributed by atoms with Crippen molar-refractivity contribution in [1.29, 1.82) is 0 Å². The Balaban J connectivity index is 1.46. The molecule has 0 aliphatic rings. The lowest BCUT2D eigenvalue weighted by atomic mass is 10.2. The Hall–Kier alpha value is -3.42. The van der Waals surface area contributed by atoms with Gasteiger partial charge < -0.3 is 4.42 Å². The van der Waals surface area contributed by atoms with Crippen molar-refractivity contribution in [2.45, 2.75) is 17.8 Å². The summed E-state index contributed by atoms with van der Waals surface area (Å²) >= 11 is 7.74. The van der Waals surface area contributed by atoms with Crippen LogP contribution < -0.4 is 0 Å². The Labute approximate surface area is 194 Å². The molecule has 5 aromatic rings. The van der Waals surface area contributed by atoms with Crippen LogP contribution in [0.3, 0.4) is 0 Å². The van der Waals surface area contributed by atoms with Crippen molar-refractivity contribution in [3.05, 3.63) is 95.3 Å². The Morgan fingerprint density at radius 2 is 1.69 bits per heavy atom. The number of aryl methyl sites for hydroxylation is 1. The lowest BCUT2D eigenvalue weighted by Gasteiger charge is -2.10. The second-order valence-electron chi connectivity index (χ2n) is 7.12. The predicted molar refractivity (Wildman–Crippen MR) is 126 cm³/mol. The van der Waals surface area contributed by atoms with Crippen LogP contribution in [0.5, 0.6) is 0 Å². The van der Waals surface area contributed by atoms with Gasteiger partial charge in [-0.25, -0.2) is 0 Å². The van der Waals surface area contributed by atoms with Crippen LogP contribution >= 0.6 is 23.4 Å². The number of hydrogen-bond donors (Lipinski definition) is 0. The zero-order valence-electron chi connectivity index (χ0n) is 17.1. The van der Waals surface area contributed by atoms with Crippen molar-refractivity contribution in [3.8, 4) is 28.5 Å². The van der Waals surface area contributed by atoms with Gasteiger partial charge >= 0.3 is 0 Å². The van der Waals surface area contributed by atoms with E-state index in [2.05, 4.69) is 50.1 Å². The summed E-state index contributed by atoms with van der Waals surface area (Å²) in [6.07, 6.45) is 0. The fourth-order valence-electron chi connectivity index (χ4n) is 3.32. The number of halogens is 1. The molecule has 0 saturated carbocycles. The molecule has 0 saturated heterocycles. The van der Waals surface area contributed by atoms with Crippen LogP contribution in [0.15, 0.2) is 88.4 Å². The van der Waals surface area contributed by atoms with Crippen molar-refractivity contribution >= 4 is 23.4 Å². The standard InChI is InChI=1S/C24H18ClN5OS/c1-16-8-7-11-18(14-16)30-22(17-9-3-2-4-10-17)27-29-24(30)32-15-21-26-28-23(31-21)19-12-5-6-13-20(19)25/h2-14H,15H2,1H3. The molecular formula is C24H18ClN5OS. The zero-order valence-corrected chi connectivity index (χ0v) is 18.7. The van der Waals surface area contributed by atoms with Gasteiger partial charge in [-0.3, -0.25) is 4.57 Å². The quantitative estimate of drug-likeness (QED) is 0.280. The largest absolute Gasteiger partial charge is 0.420 e. The van der Waals surface area contributed by atoms with Crippen LogP contribution in [0.4, 0.5) is 0 Å². The monoisotopic (exact) mass is 459 g/mol. The first-order valence-electron chi connectivity index (χ1n) is 9.97. The van der Waals surface area contributed by atoms with Gasteiger partial charge in [-0.05, 0) is 36.8 Å². The van der Waals surface area contributed by atoms with Crippen molar-refractivity contribution in [3.63, 3.8) is 0 Å². The summed E-state index contributed by atoms with van der Waals surface area (Å²) in [7, 11) is 0. The minimum atomic E-state index is 0.399. The SMILES string of the molecule is Cc1cccc(-n2c(SCc3nnc(-c4ccccc4Cl)o3)nnc2-c2ccccc2)c1. The van der Waals surface area contributed by atoms with Crippen LogP contribution in [0.1, 0.15) is 11.5 Å². The molecule has 158 valence electrons. The molecule has 0 aliphatic carbocycles. The molecule has 0 spiro atoms. The van der Waals surface area contributed by atoms with Gasteiger partial charge in [-0.2, -0.15) is 0 Å². The summed E-state index contributed by atoms with van der Waals surface area (Å²) in [4.78, 5) is 0. The average molecular weight is 460 g/mol. The van der Waals surface area contributed by atoms with Gasteiger partial charge in [-0.1, -0.05) is 78.0 Å². The summed E-state index contributed by atoms with van der Waals surface area (Å²) in [6.45, 7) is 2.07. The van der Waals surface area contributed by atoms with Crippen LogP contribution in [-0.4, -0.2) is 25.0 Å². The van der Waals surface area contributed by atoms with E-state index in [1.54, 1.807) is 6.07 Å². The molecule has 0 amide bonds. The normalized spacial score (nSPS) is 11.1. The highest BCUT2D eigenvalue weighted by molar-refractivity contribution is 7.98. The maximum Gasteiger partial charge on any atom is 0.249 e. The van der Waals surface area contributed by atoms with Crippen LogP contribution in [0, 0.1) is 6.92 Å². The van der Waals surface area contributed by atoms with Gasteiger partial charge in [0.2, 0.25) is 11.8 Å². The van der Waals surface area contributed by atoms with Gasteiger partial charge in [0.25, 0.3) is 0 Å². The first kappa shape index (κ1) is 20.5. The lowest BCUT2D eigenvalue weighted by Crippen LogP contribution is -2.00. The summed E-state index contributed by atoms with van der Waals surface area (Å²) in [5, 5.41) is 18.6. The van der Waals surface area contributed by atoms with Crippen LogP contribution in [-0.2, 0) is 5.75 Å². The van der Waals surface area contributed by atoms with E-state index in [-0.39, 0.29) is 0 Å². The first-order valence-corrected chi connectivity index (χ1v) is 11.3. The molecule has 2 heterocycles. The fraction of sp³-hybridized carbons (Fsp3) is 0.0833. The van der Waals surface area contributed by atoms with Crippen molar-refractivity contribution in [2.24, 2.45) is 0 Å². The van der Waals surface area contributed by atoms with Gasteiger partial charge in [0.15, 0.2) is 11.0 Å². The second-order valence-corrected chi connectivity index (χ2v) is 8.47. The molecule has 0 N–H and O–H groups in total. The molecule has 0 unspecified atom stereocenters. The molecule has 6 nitrogen and oxygen atoms in total. The molecule has 0 bridgehead atoms. The molecular weight excluding hydrogens is 442 g/mol. The van der Waals surface area contributed by atoms with Gasteiger partial charge in [0.1, 0.15) is 0 Å². The highest BCUT2D eigenvalue weighted by Gasteiger charge is 2.18. The van der Waals surface area contributed by atoms with E-state index in [1.807, 2.05) is 54.6 Å². The average Bonchev–Trinajstić information content (AvgIpc) is 3.46. The number of hydrogen-bond acceptors (Lipinski definition) is 6. The highest BCUT2D eigenvalue weighted by Crippen LogP contribution is 2.31. The maximum absolute atomic E-state index is 6.25. The molecule has 0 radical (unpaired) electrons. The summed E-state index contributed by atoms with van der Waals surface area (Å²) < 4.78 is 7.90. The maximum atomic E-state index is 6.25. The minimum Gasteiger partial charge on any atom is -0.420 e. The molecule has 32 heavy (non-hydrogen) atoms. The smallest absolute Gasteiger partial charge is 0.249 e. The van der Waals surface area contributed by atoms with Crippen molar-refractivity contribution in [2.75, 3.05) is 0 Å². The minimum absolute atomic E-state index is 0.399. The van der Waals surface area contributed by atoms with Gasteiger partial charge in [0.05, 0.1) is 16.3 Å². The Kier molecular flexibility index (Phi) is 5.75. The van der Waals surface area contributed by atoms with Gasteiger partial charge in [0, 0.05) is 11.3 Å². The fourth-order valence-corrected chi connectivity index (χ4v) is 4.32. The molecule has 8 heteroatoms. The van der Waals surface area contributed by atoms with E-state index in [0.29, 0.717) is 28.1 Å². The Morgan fingerprint density at radius 3 is 2.50 bits per heavy atom. The number of nitrogens with zero attached hydrogens (tertiary/aromatic N) is 5. The topological polar surface area (TPSA) is 69.6 Å². The molecule has 0 aliphatic heterocycles. The summed E-state index contributed by atoms with van der Waals surface area (Å²) in [6, 6.07) is 25.7. The third-order valence-corrected chi connectivity index (χ3v) is 6.06. The second kappa shape index (κ2) is 8.98. The molecule has 2 aromatic heterocycles. The zero-order chi connectivity index (χ0) is 21.9. The van der Waals surface area contributed by atoms with E-state index >= 15 is 0 Å². The van der Waals surface area contributed by atoms with E-state index in [0.717, 1.165) is 27.8 Å².